The summed E-state index contributed by atoms with van der Waals surface area (Å²) in [4.78, 5) is 37.6. The van der Waals surface area contributed by atoms with E-state index in [4.69, 9.17) is 10.5 Å². The van der Waals surface area contributed by atoms with Gasteiger partial charge in [-0.2, -0.15) is 0 Å². The van der Waals surface area contributed by atoms with Crippen LogP contribution in [0.5, 0.6) is 0 Å². The number of hydrogen-bond acceptors (Lipinski definition) is 5. The number of imide groups is 1. The second-order valence-corrected chi connectivity index (χ2v) is 5.54. The Labute approximate surface area is 146 Å². The van der Waals surface area contributed by atoms with E-state index >= 15 is 0 Å². The standard InChI is InChI=1S/C19H20N2O4/c1-14(20)18(23)21(12-17(22)16-10-6-3-7-11-16)19(24)25-13-15-8-4-2-5-9-15/h2-11,14H,12-13,20H2,1H3. The first-order chi connectivity index (χ1) is 12.0. The van der Waals surface area contributed by atoms with Crippen LogP contribution in [0.1, 0.15) is 22.8 Å². The highest BCUT2D eigenvalue weighted by molar-refractivity contribution is 6.04. The molecule has 0 saturated carbocycles. The number of ketones is 1. The minimum Gasteiger partial charge on any atom is -0.444 e. The third-order valence-corrected chi connectivity index (χ3v) is 3.48. The monoisotopic (exact) mass is 340 g/mol. The molecular weight excluding hydrogens is 320 g/mol. The van der Waals surface area contributed by atoms with E-state index in [1.807, 2.05) is 18.2 Å². The van der Waals surface area contributed by atoms with Crippen molar-refractivity contribution in [1.29, 1.82) is 0 Å². The molecule has 0 aliphatic carbocycles. The van der Waals surface area contributed by atoms with Gasteiger partial charge in [-0.25, -0.2) is 9.69 Å². The van der Waals surface area contributed by atoms with Crippen molar-refractivity contribution in [1.82, 2.24) is 4.90 Å². The maximum Gasteiger partial charge on any atom is 0.417 e. The second kappa shape index (κ2) is 8.75. The molecule has 0 spiro atoms. The Bertz CT molecular complexity index is 730. The normalized spacial score (nSPS) is 11.4. The van der Waals surface area contributed by atoms with Gasteiger partial charge in [-0.15, -0.1) is 0 Å². The van der Waals surface area contributed by atoms with Crippen LogP contribution in [0.15, 0.2) is 60.7 Å². The number of benzene rings is 2. The maximum atomic E-state index is 12.3. The van der Waals surface area contributed by atoms with Crippen LogP contribution in [-0.4, -0.2) is 35.3 Å². The van der Waals surface area contributed by atoms with E-state index in [1.54, 1.807) is 42.5 Å². The lowest BCUT2D eigenvalue weighted by atomic mass is 10.1. The van der Waals surface area contributed by atoms with E-state index in [1.165, 1.54) is 6.92 Å². The molecule has 0 bridgehead atoms. The van der Waals surface area contributed by atoms with Crippen molar-refractivity contribution in [3.05, 3.63) is 71.8 Å². The van der Waals surface area contributed by atoms with Crippen LogP contribution >= 0.6 is 0 Å². The molecule has 2 aromatic rings. The van der Waals surface area contributed by atoms with Crippen molar-refractivity contribution >= 4 is 17.8 Å². The van der Waals surface area contributed by atoms with E-state index in [-0.39, 0.29) is 12.4 Å². The van der Waals surface area contributed by atoms with Crippen LogP contribution in [0, 0.1) is 0 Å². The number of ether oxygens (including phenoxy) is 1. The lowest BCUT2D eigenvalue weighted by molar-refractivity contribution is -0.130. The number of amides is 2. The Morgan fingerprint density at radius 3 is 2.12 bits per heavy atom. The summed E-state index contributed by atoms with van der Waals surface area (Å²) in [5.41, 5.74) is 6.77. The molecule has 0 aliphatic heterocycles. The van der Waals surface area contributed by atoms with E-state index in [0.717, 1.165) is 10.5 Å². The molecule has 1 atom stereocenters. The molecule has 2 N–H and O–H groups in total. The largest absolute Gasteiger partial charge is 0.444 e. The first kappa shape index (κ1) is 18.4. The fourth-order valence-corrected chi connectivity index (χ4v) is 2.13. The molecule has 0 saturated heterocycles. The SMILES string of the molecule is CC(N)C(=O)N(CC(=O)c1ccccc1)C(=O)OCc1ccccc1. The average molecular weight is 340 g/mol. The highest BCUT2D eigenvalue weighted by atomic mass is 16.6. The highest BCUT2D eigenvalue weighted by Crippen LogP contribution is 2.07. The van der Waals surface area contributed by atoms with Gasteiger partial charge >= 0.3 is 6.09 Å². The molecule has 0 radical (unpaired) electrons. The Hall–Kier alpha value is -2.99. The first-order valence-corrected chi connectivity index (χ1v) is 7.85. The fraction of sp³-hybridized carbons (Fsp3) is 0.211. The number of carbonyl (C=O) groups is 3. The Morgan fingerprint density at radius 1 is 1.00 bits per heavy atom. The number of carbonyl (C=O) groups excluding carboxylic acids is 3. The number of Topliss-reactive ketones (excluding diaryl/α,β-unsaturated/α-hetero) is 1. The van der Waals surface area contributed by atoms with Crippen molar-refractivity contribution in [3.63, 3.8) is 0 Å². The summed E-state index contributed by atoms with van der Waals surface area (Å²) < 4.78 is 5.16. The highest BCUT2D eigenvalue weighted by Gasteiger charge is 2.28. The predicted molar refractivity (Wildman–Crippen MR) is 92.8 cm³/mol. The van der Waals surface area contributed by atoms with Crippen LogP contribution in [0.4, 0.5) is 4.79 Å². The molecule has 0 aliphatic rings. The molecule has 6 heteroatoms. The minimum atomic E-state index is -0.923. The van der Waals surface area contributed by atoms with Gasteiger partial charge < -0.3 is 10.5 Å². The van der Waals surface area contributed by atoms with Crippen molar-refractivity contribution in [2.45, 2.75) is 19.6 Å². The van der Waals surface area contributed by atoms with Crippen molar-refractivity contribution < 1.29 is 19.1 Å². The van der Waals surface area contributed by atoms with Crippen LogP contribution in [0.2, 0.25) is 0 Å². The third kappa shape index (κ3) is 5.26. The van der Waals surface area contributed by atoms with Crippen LogP contribution in [0.3, 0.4) is 0 Å². The van der Waals surface area contributed by atoms with Crippen molar-refractivity contribution in [2.24, 2.45) is 5.73 Å². The molecule has 6 nitrogen and oxygen atoms in total. The van der Waals surface area contributed by atoms with Gasteiger partial charge in [0.1, 0.15) is 6.61 Å². The minimum absolute atomic E-state index is 0.00192. The number of nitrogens with two attached hydrogens (primary N) is 1. The van der Waals surface area contributed by atoms with Gasteiger partial charge in [-0.05, 0) is 12.5 Å². The van der Waals surface area contributed by atoms with Gasteiger partial charge in [0.2, 0.25) is 5.91 Å². The van der Waals surface area contributed by atoms with E-state index < -0.39 is 24.6 Å². The smallest absolute Gasteiger partial charge is 0.417 e. The Kier molecular flexibility index (Phi) is 6.42. The summed E-state index contributed by atoms with van der Waals surface area (Å²) >= 11 is 0. The molecular formula is C19H20N2O4. The Morgan fingerprint density at radius 2 is 1.56 bits per heavy atom. The molecule has 2 rings (SSSR count). The van der Waals surface area contributed by atoms with Crippen LogP contribution < -0.4 is 5.73 Å². The van der Waals surface area contributed by atoms with E-state index in [9.17, 15) is 14.4 Å². The number of nitrogens with zero attached hydrogens (tertiary/aromatic N) is 1. The van der Waals surface area contributed by atoms with Crippen molar-refractivity contribution in [3.8, 4) is 0 Å². The van der Waals surface area contributed by atoms with Gasteiger partial charge in [-0.1, -0.05) is 60.7 Å². The molecule has 25 heavy (non-hydrogen) atoms. The van der Waals surface area contributed by atoms with Gasteiger partial charge in [0, 0.05) is 5.56 Å². The third-order valence-electron chi connectivity index (χ3n) is 3.48. The maximum absolute atomic E-state index is 12.3. The molecule has 2 amide bonds. The summed E-state index contributed by atoms with van der Waals surface area (Å²) in [5.74, 6) is -1.03. The Balaban J connectivity index is 2.08. The average Bonchev–Trinajstić information content (AvgIpc) is 2.64. The molecule has 0 fully saturated rings. The molecule has 2 aromatic carbocycles. The summed E-state index contributed by atoms with van der Waals surface area (Å²) in [7, 11) is 0. The zero-order valence-corrected chi connectivity index (χ0v) is 13.9. The van der Waals surface area contributed by atoms with Crippen LogP contribution in [0.25, 0.3) is 0 Å². The lowest BCUT2D eigenvalue weighted by Gasteiger charge is -2.21. The van der Waals surface area contributed by atoms with Gasteiger partial charge in [0.15, 0.2) is 5.78 Å². The van der Waals surface area contributed by atoms with Gasteiger partial charge in [-0.3, -0.25) is 9.59 Å². The topological polar surface area (TPSA) is 89.7 Å². The molecule has 0 aromatic heterocycles. The first-order valence-electron chi connectivity index (χ1n) is 7.85. The van der Waals surface area contributed by atoms with E-state index in [0.29, 0.717) is 5.56 Å². The summed E-state index contributed by atoms with van der Waals surface area (Å²) in [6.45, 7) is 1.03. The second-order valence-electron chi connectivity index (χ2n) is 5.54. The van der Waals surface area contributed by atoms with Crippen molar-refractivity contribution in [2.75, 3.05) is 6.54 Å². The summed E-state index contributed by atoms with van der Waals surface area (Å²) in [6, 6.07) is 16.6. The lowest BCUT2D eigenvalue weighted by Crippen LogP contribution is -2.47. The zero-order valence-electron chi connectivity index (χ0n) is 13.9. The van der Waals surface area contributed by atoms with Crippen LogP contribution in [-0.2, 0) is 16.1 Å². The number of rotatable bonds is 6. The van der Waals surface area contributed by atoms with Gasteiger partial charge in [0.25, 0.3) is 0 Å². The molecule has 130 valence electrons. The summed E-state index contributed by atoms with van der Waals surface area (Å²) in [5, 5.41) is 0. The fourth-order valence-electron chi connectivity index (χ4n) is 2.13. The predicted octanol–water partition coefficient (Wildman–Crippen LogP) is 2.38. The number of hydrogen-bond donors (Lipinski definition) is 1. The van der Waals surface area contributed by atoms with Gasteiger partial charge in [0.05, 0.1) is 12.6 Å². The quantitative estimate of drug-likeness (QED) is 0.816. The molecule has 0 heterocycles. The van der Waals surface area contributed by atoms with E-state index in [2.05, 4.69) is 0 Å². The molecule has 1 unspecified atom stereocenters. The summed E-state index contributed by atoms with van der Waals surface area (Å²) in [6.07, 6.45) is -0.893. The zero-order chi connectivity index (χ0) is 18.2.